The molecule has 1 aromatic rings. The molecule has 2 nitrogen and oxygen atoms in total. The summed E-state index contributed by atoms with van der Waals surface area (Å²) >= 11 is 0. The Morgan fingerprint density at radius 3 is 3.13 bits per heavy atom. The molecule has 0 unspecified atom stereocenters. The molecule has 1 N–H and O–H groups in total. The lowest BCUT2D eigenvalue weighted by Gasteiger charge is -2.15. The molecule has 2 heteroatoms. The molecule has 0 fully saturated rings. The van der Waals surface area contributed by atoms with Gasteiger partial charge in [-0.1, -0.05) is 17.7 Å². The molecule has 3 rings (SSSR count). The first-order valence-corrected chi connectivity index (χ1v) is 5.48. The SMILES string of the molecule is C1=C(c2cccnc2)C2=C(CC1)CNC2. The molecule has 1 aliphatic heterocycles. The second kappa shape index (κ2) is 3.63. The van der Waals surface area contributed by atoms with Crippen molar-refractivity contribution in [3.63, 3.8) is 0 Å². The van der Waals surface area contributed by atoms with E-state index in [9.17, 15) is 0 Å². The molecule has 0 spiro atoms. The maximum absolute atomic E-state index is 4.19. The Balaban J connectivity index is 2.03. The van der Waals surface area contributed by atoms with Gasteiger partial charge in [0.05, 0.1) is 0 Å². The monoisotopic (exact) mass is 198 g/mol. The summed E-state index contributed by atoms with van der Waals surface area (Å²) in [7, 11) is 0. The lowest BCUT2D eigenvalue weighted by Crippen LogP contribution is -2.08. The first-order valence-electron chi connectivity index (χ1n) is 5.48. The van der Waals surface area contributed by atoms with E-state index >= 15 is 0 Å². The van der Waals surface area contributed by atoms with Gasteiger partial charge < -0.3 is 5.32 Å². The fourth-order valence-electron chi connectivity index (χ4n) is 2.42. The van der Waals surface area contributed by atoms with Crippen molar-refractivity contribution in [1.82, 2.24) is 10.3 Å². The minimum Gasteiger partial charge on any atom is -0.309 e. The molecule has 0 atom stereocenters. The van der Waals surface area contributed by atoms with Crippen molar-refractivity contribution in [3.05, 3.63) is 47.3 Å². The molecule has 0 bridgehead atoms. The lowest BCUT2D eigenvalue weighted by molar-refractivity contribution is 0.843. The van der Waals surface area contributed by atoms with E-state index in [2.05, 4.69) is 22.4 Å². The van der Waals surface area contributed by atoms with Crippen molar-refractivity contribution in [2.75, 3.05) is 13.1 Å². The van der Waals surface area contributed by atoms with E-state index < -0.39 is 0 Å². The number of hydrogen-bond acceptors (Lipinski definition) is 2. The highest BCUT2D eigenvalue weighted by Crippen LogP contribution is 2.33. The highest BCUT2D eigenvalue weighted by Gasteiger charge is 2.20. The fraction of sp³-hybridized carbons (Fsp3) is 0.308. The average Bonchev–Trinajstić information content (AvgIpc) is 2.78. The highest BCUT2D eigenvalue weighted by atomic mass is 14.9. The van der Waals surface area contributed by atoms with Crippen molar-refractivity contribution in [3.8, 4) is 0 Å². The maximum Gasteiger partial charge on any atom is 0.0346 e. The zero-order valence-corrected chi connectivity index (χ0v) is 8.66. The van der Waals surface area contributed by atoms with Crippen LogP contribution in [0, 0.1) is 0 Å². The molecule has 0 aromatic carbocycles. The Kier molecular flexibility index (Phi) is 2.14. The van der Waals surface area contributed by atoms with Crippen LogP contribution >= 0.6 is 0 Å². The van der Waals surface area contributed by atoms with Crippen molar-refractivity contribution < 1.29 is 0 Å². The summed E-state index contributed by atoms with van der Waals surface area (Å²) in [5.74, 6) is 0. The summed E-state index contributed by atoms with van der Waals surface area (Å²) in [6.45, 7) is 2.10. The number of allylic oxidation sites excluding steroid dienone is 1. The summed E-state index contributed by atoms with van der Waals surface area (Å²) in [6, 6.07) is 4.15. The average molecular weight is 198 g/mol. The molecule has 0 radical (unpaired) electrons. The van der Waals surface area contributed by atoms with Gasteiger partial charge in [-0.15, -0.1) is 0 Å². The van der Waals surface area contributed by atoms with Gasteiger partial charge >= 0.3 is 0 Å². The van der Waals surface area contributed by atoms with Crippen LogP contribution in [-0.4, -0.2) is 18.1 Å². The second-order valence-corrected chi connectivity index (χ2v) is 4.08. The van der Waals surface area contributed by atoms with Crippen molar-refractivity contribution in [2.24, 2.45) is 0 Å². The number of pyridine rings is 1. The molecule has 1 aliphatic carbocycles. The van der Waals surface area contributed by atoms with Crippen LogP contribution in [0.5, 0.6) is 0 Å². The summed E-state index contributed by atoms with van der Waals surface area (Å²) in [5, 5.41) is 3.43. The van der Waals surface area contributed by atoms with Crippen LogP contribution in [0.25, 0.3) is 5.57 Å². The molecule has 2 aliphatic rings. The topological polar surface area (TPSA) is 24.9 Å². The van der Waals surface area contributed by atoms with Gasteiger partial charge in [0, 0.05) is 25.5 Å². The molecule has 0 saturated carbocycles. The van der Waals surface area contributed by atoms with Gasteiger partial charge in [-0.05, 0) is 35.6 Å². The summed E-state index contributed by atoms with van der Waals surface area (Å²) in [6.07, 6.45) is 8.54. The predicted molar refractivity (Wildman–Crippen MR) is 61.3 cm³/mol. The van der Waals surface area contributed by atoms with Gasteiger partial charge in [-0.3, -0.25) is 4.98 Å². The minimum absolute atomic E-state index is 1.02. The van der Waals surface area contributed by atoms with Gasteiger partial charge in [-0.2, -0.15) is 0 Å². The minimum atomic E-state index is 1.02. The predicted octanol–water partition coefficient (Wildman–Crippen LogP) is 2.16. The maximum atomic E-state index is 4.19. The molecule has 2 heterocycles. The third-order valence-electron chi connectivity index (χ3n) is 3.16. The molecule has 76 valence electrons. The van der Waals surface area contributed by atoms with Crippen molar-refractivity contribution in [1.29, 1.82) is 0 Å². The van der Waals surface area contributed by atoms with E-state index in [1.807, 2.05) is 18.5 Å². The third kappa shape index (κ3) is 1.51. The van der Waals surface area contributed by atoms with E-state index in [0.717, 1.165) is 13.1 Å². The Morgan fingerprint density at radius 2 is 2.27 bits per heavy atom. The van der Waals surface area contributed by atoms with E-state index in [1.54, 1.807) is 5.57 Å². The zero-order valence-electron chi connectivity index (χ0n) is 8.66. The van der Waals surface area contributed by atoms with Crippen LogP contribution in [0.4, 0.5) is 0 Å². The molecular weight excluding hydrogens is 184 g/mol. The van der Waals surface area contributed by atoms with Gasteiger partial charge in [0.2, 0.25) is 0 Å². The van der Waals surface area contributed by atoms with Gasteiger partial charge in [-0.25, -0.2) is 0 Å². The molecule has 0 amide bonds. The van der Waals surface area contributed by atoms with Crippen LogP contribution in [0.15, 0.2) is 41.7 Å². The van der Waals surface area contributed by atoms with Crippen LogP contribution in [0.2, 0.25) is 0 Å². The van der Waals surface area contributed by atoms with Crippen molar-refractivity contribution >= 4 is 5.57 Å². The summed E-state index contributed by atoms with van der Waals surface area (Å²) < 4.78 is 0. The standard InChI is InChI=1S/C13H14N2/c1-3-11-8-15-9-13(11)12(5-1)10-4-2-6-14-7-10/h2,4-7,15H,1,3,8-9H2. The van der Waals surface area contributed by atoms with Crippen LogP contribution < -0.4 is 5.32 Å². The first-order chi connectivity index (χ1) is 7.45. The van der Waals surface area contributed by atoms with E-state index in [4.69, 9.17) is 0 Å². The normalized spacial score (nSPS) is 20.1. The smallest absolute Gasteiger partial charge is 0.0346 e. The van der Waals surface area contributed by atoms with Crippen LogP contribution in [0.1, 0.15) is 18.4 Å². The van der Waals surface area contributed by atoms with Gasteiger partial charge in [0.15, 0.2) is 0 Å². The third-order valence-corrected chi connectivity index (χ3v) is 3.16. The summed E-state index contributed by atoms with van der Waals surface area (Å²) in [4.78, 5) is 4.19. The summed E-state index contributed by atoms with van der Waals surface area (Å²) in [5.41, 5.74) is 5.76. The largest absolute Gasteiger partial charge is 0.309 e. The van der Waals surface area contributed by atoms with Gasteiger partial charge in [0.1, 0.15) is 0 Å². The Bertz CT molecular complexity index is 429. The molecule has 0 saturated heterocycles. The van der Waals surface area contributed by atoms with Crippen LogP contribution in [0.3, 0.4) is 0 Å². The number of hydrogen-bond donors (Lipinski definition) is 1. The molecule has 1 aromatic heterocycles. The lowest BCUT2D eigenvalue weighted by atomic mass is 9.89. The van der Waals surface area contributed by atoms with Crippen LogP contribution in [-0.2, 0) is 0 Å². The fourth-order valence-corrected chi connectivity index (χ4v) is 2.42. The van der Waals surface area contributed by atoms with E-state index in [1.165, 1.54) is 29.6 Å². The number of nitrogens with zero attached hydrogens (tertiary/aromatic N) is 1. The Morgan fingerprint density at radius 1 is 1.27 bits per heavy atom. The number of rotatable bonds is 1. The number of aromatic nitrogens is 1. The quantitative estimate of drug-likeness (QED) is 0.748. The highest BCUT2D eigenvalue weighted by molar-refractivity contribution is 5.81. The van der Waals surface area contributed by atoms with Gasteiger partial charge in [0.25, 0.3) is 0 Å². The van der Waals surface area contributed by atoms with Crippen molar-refractivity contribution in [2.45, 2.75) is 12.8 Å². The molecule has 15 heavy (non-hydrogen) atoms. The Hall–Kier alpha value is -1.41. The zero-order chi connectivity index (χ0) is 10.1. The first kappa shape index (κ1) is 8.86. The second-order valence-electron chi connectivity index (χ2n) is 4.08. The Labute approximate surface area is 89.7 Å². The van der Waals surface area contributed by atoms with E-state index in [0.29, 0.717) is 0 Å². The van der Waals surface area contributed by atoms with E-state index in [-0.39, 0.29) is 0 Å². The number of nitrogens with one attached hydrogen (secondary N) is 1. The molecular formula is C13H14N2.